The number of rotatable bonds is 7. The highest BCUT2D eigenvalue weighted by atomic mass is 15.2. The van der Waals surface area contributed by atoms with Crippen LogP contribution in [0.2, 0.25) is 0 Å². The Bertz CT molecular complexity index is 3520. The van der Waals surface area contributed by atoms with Crippen molar-refractivity contribution in [2.45, 2.75) is 12.3 Å². The van der Waals surface area contributed by atoms with E-state index < -0.39 is 5.41 Å². The number of benzene rings is 9. The third-order valence-corrected chi connectivity index (χ3v) is 13.2. The predicted molar refractivity (Wildman–Crippen MR) is 273 cm³/mol. The summed E-state index contributed by atoms with van der Waals surface area (Å²) in [6.07, 6.45) is 0. The Hall–Kier alpha value is -8.67. The molecule has 12 rings (SSSR count). The molecule has 0 bridgehead atoms. The van der Waals surface area contributed by atoms with Crippen molar-refractivity contribution in [2.75, 3.05) is 4.90 Å². The molecule has 0 amide bonds. The highest BCUT2D eigenvalue weighted by Crippen LogP contribution is 2.63. The van der Waals surface area contributed by atoms with Gasteiger partial charge in [-0.2, -0.15) is 0 Å². The second-order valence-electron chi connectivity index (χ2n) is 16.9. The number of hydrogen-bond donors (Lipinski definition) is 0. The zero-order chi connectivity index (χ0) is 44.2. The topological polar surface area (TPSA) is 45.8 Å². The number of amidine groups is 1. The Kier molecular flexibility index (Phi) is 9.35. The highest BCUT2D eigenvalue weighted by molar-refractivity contribution is 6.13. The lowest BCUT2D eigenvalue weighted by Gasteiger charge is -2.45. The molecule has 0 atom stereocenters. The number of fused-ring (bicyclic) bond motifs is 10. The van der Waals surface area contributed by atoms with Crippen LogP contribution in [0, 0.1) is 0 Å². The van der Waals surface area contributed by atoms with Gasteiger partial charge in [0.1, 0.15) is 5.82 Å². The Morgan fingerprint density at radius 1 is 0.470 bits per heavy atom. The SMILES string of the molecule is C=C(/N=C(\N=C(/C)c1ccccc1)c1cccc(-c2nc3ccccc3n2-c2ccccc2)c1)c1ccc2c(c1)C1(c3ccccc3-2)c2ccccc2N(c2ccccc2)c2ccccc21. The third kappa shape index (κ3) is 6.20. The van der Waals surface area contributed by atoms with E-state index in [-0.39, 0.29) is 0 Å². The summed E-state index contributed by atoms with van der Waals surface area (Å²) in [5, 5.41) is 0. The summed E-state index contributed by atoms with van der Waals surface area (Å²) in [7, 11) is 0. The number of nitrogens with zero attached hydrogens (tertiary/aromatic N) is 5. The first-order chi connectivity index (χ1) is 32.6. The van der Waals surface area contributed by atoms with E-state index in [1.54, 1.807) is 0 Å². The maximum absolute atomic E-state index is 5.39. The van der Waals surface area contributed by atoms with Crippen LogP contribution in [0.1, 0.15) is 45.9 Å². The predicted octanol–water partition coefficient (Wildman–Crippen LogP) is 14.8. The number of imidazole rings is 1. The van der Waals surface area contributed by atoms with Gasteiger partial charge in [0.15, 0.2) is 5.84 Å². The Labute approximate surface area is 384 Å². The fourth-order valence-corrected chi connectivity index (χ4v) is 10.2. The first-order valence-electron chi connectivity index (χ1n) is 22.4. The molecule has 0 fully saturated rings. The van der Waals surface area contributed by atoms with Gasteiger partial charge in [-0.25, -0.2) is 15.0 Å². The number of hydrogen-bond acceptors (Lipinski definition) is 3. The molecule has 0 radical (unpaired) electrons. The van der Waals surface area contributed by atoms with Crippen LogP contribution in [0.3, 0.4) is 0 Å². The molecule has 66 heavy (non-hydrogen) atoms. The van der Waals surface area contributed by atoms with Crippen molar-refractivity contribution in [1.82, 2.24) is 9.55 Å². The molecule has 2 heterocycles. The maximum Gasteiger partial charge on any atom is 0.160 e. The van der Waals surface area contributed by atoms with Gasteiger partial charge in [0.25, 0.3) is 0 Å². The number of aliphatic imine (C=N–C) groups is 2. The lowest BCUT2D eigenvalue weighted by atomic mass is 9.64. The summed E-state index contributed by atoms with van der Waals surface area (Å²) in [5.41, 5.74) is 18.4. The van der Waals surface area contributed by atoms with Crippen molar-refractivity contribution >= 4 is 45.3 Å². The van der Waals surface area contributed by atoms with Crippen LogP contribution in [-0.2, 0) is 5.41 Å². The fourth-order valence-electron chi connectivity index (χ4n) is 10.2. The molecule has 0 saturated heterocycles. The van der Waals surface area contributed by atoms with Crippen molar-refractivity contribution < 1.29 is 0 Å². The Balaban J connectivity index is 1.03. The standard InChI is InChI=1S/C61H43N5/c1-41(43-21-6-3-7-22-43)62-59(45-23-20-24-46(39-45)60-64-55-33-16-19-36-58(55)66(60)48-27-10-5-11-28-48)63-42(2)44-37-38-50-49-29-12-13-30-51(49)61(54(50)40-44)52-31-14-17-34-56(52)65(47-25-8-4-9-26-47)57-35-18-15-32-53(57)61/h3-40H,2H2,1H3/b62-41+,63-59-. The minimum atomic E-state index is -0.603. The van der Waals surface area contributed by atoms with Gasteiger partial charge in [-0.15, -0.1) is 0 Å². The van der Waals surface area contributed by atoms with Crippen LogP contribution >= 0.6 is 0 Å². The van der Waals surface area contributed by atoms with Crippen molar-refractivity contribution in [3.63, 3.8) is 0 Å². The number of aromatic nitrogens is 2. The van der Waals surface area contributed by atoms with Gasteiger partial charge in [0, 0.05) is 28.2 Å². The number of anilines is 3. The molecule has 5 nitrogen and oxygen atoms in total. The van der Waals surface area contributed by atoms with Crippen LogP contribution in [0.5, 0.6) is 0 Å². The van der Waals surface area contributed by atoms with E-state index >= 15 is 0 Å². The fraction of sp³-hybridized carbons (Fsp3) is 0.0328. The molecule has 0 N–H and O–H groups in total. The first kappa shape index (κ1) is 39.0. The molecule has 10 aromatic rings. The molecule has 1 aliphatic carbocycles. The van der Waals surface area contributed by atoms with E-state index in [2.05, 4.69) is 210 Å². The lowest BCUT2D eigenvalue weighted by molar-refractivity contribution is 0.752. The van der Waals surface area contributed by atoms with E-state index in [0.29, 0.717) is 11.5 Å². The van der Waals surface area contributed by atoms with Gasteiger partial charge in [0.2, 0.25) is 0 Å². The summed E-state index contributed by atoms with van der Waals surface area (Å²) in [4.78, 5) is 18.3. The van der Waals surface area contributed by atoms with Gasteiger partial charge in [-0.05, 0) is 112 Å². The van der Waals surface area contributed by atoms with Gasteiger partial charge in [-0.3, -0.25) is 4.57 Å². The van der Waals surface area contributed by atoms with Crippen molar-refractivity contribution in [1.29, 1.82) is 0 Å². The minimum Gasteiger partial charge on any atom is -0.310 e. The van der Waals surface area contributed by atoms with E-state index in [1.165, 1.54) is 33.4 Å². The summed E-state index contributed by atoms with van der Waals surface area (Å²) in [6, 6.07) is 81.5. The second kappa shape index (κ2) is 15.8. The molecule has 1 spiro atoms. The molecule has 5 heteroatoms. The molecular formula is C61H43N5. The van der Waals surface area contributed by atoms with Crippen molar-refractivity contribution in [2.24, 2.45) is 9.98 Å². The Morgan fingerprint density at radius 2 is 1.05 bits per heavy atom. The van der Waals surface area contributed by atoms with E-state index in [9.17, 15) is 0 Å². The van der Waals surface area contributed by atoms with Gasteiger partial charge in [0.05, 0.1) is 33.5 Å². The normalized spacial score (nSPS) is 13.6. The van der Waals surface area contributed by atoms with E-state index in [4.69, 9.17) is 21.5 Å². The Morgan fingerprint density at radius 3 is 1.77 bits per heavy atom. The van der Waals surface area contributed by atoms with E-state index in [1.807, 2.05) is 37.3 Å². The second-order valence-corrected chi connectivity index (χ2v) is 16.9. The summed E-state index contributed by atoms with van der Waals surface area (Å²) >= 11 is 0. The zero-order valence-electron chi connectivity index (χ0n) is 36.4. The van der Waals surface area contributed by atoms with Crippen LogP contribution in [0.4, 0.5) is 17.1 Å². The summed E-state index contributed by atoms with van der Waals surface area (Å²) in [5.74, 6) is 1.41. The van der Waals surface area contributed by atoms with Crippen LogP contribution < -0.4 is 4.90 Å². The van der Waals surface area contributed by atoms with Gasteiger partial charge in [-0.1, -0.05) is 176 Å². The van der Waals surface area contributed by atoms with E-state index in [0.717, 1.165) is 67.6 Å². The molecule has 1 aromatic heterocycles. The molecule has 9 aromatic carbocycles. The zero-order valence-corrected chi connectivity index (χ0v) is 36.4. The van der Waals surface area contributed by atoms with Gasteiger partial charge < -0.3 is 4.90 Å². The largest absolute Gasteiger partial charge is 0.310 e. The third-order valence-electron chi connectivity index (χ3n) is 13.2. The monoisotopic (exact) mass is 845 g/mol. The van der Waals surface area contributed by atoms with Gasteiger partial charge >= 0.3 is 0 Å². The smallest absolute Gasteiger partial charge is 0.160 e. The van der Waals surface area contributed by atoms with Crippen LogP contribution in [0.15, 0.2) is 247 Å². The summed E-state index contributed by atoms with van der Waals surface area (Å²) < 4.78 is 2.22. The molecule has 312 valence electrons. The van der Waals surface area contributed by atoms with Crippen LogP contribution in [0.25, 0.3) is 44.9 Å². The average molecular weight is 846 g/mol. The molecular weight excluding hydrogens is 803 g/mol. The summed E-state index contributed by atoms with van der Waals surface area (Å²) in [6.45, 7) is 6.74. The maximum atomic E-state index is 5.39. The molecule has 0 unspecified atom stereocenters. The van der Waals surface area contributed by atoms with Crippen molar-refractivity contribution in [3.8, 4) is 28.2 Å². The molecule has 1 aliphatic heterocycles. The average Bonchev–Trinajstić information content (AvgIpc) is 3.91. The lowest BCUT2D eigenvalue weighted by Crippen LogP contribution is -2.36. The van der Waals surface area contributed by atoms with Crippen LogP contribution in [-0.4, -0.2) is 21.1 Å². The molecule has 0 saturated carbocycles. The quantitative estimate of drug-likeness (QED) is 0.118. The minimum absolute atomic E-state index is 0.566. The van der Waals surface area contributed by atoms with Crippen molar-refractivity contribution in [3.05, 3.63) is 276 Å². The molecule has 2 aliphatic rings. The number of para-hydroxylation sites is 6. The highest BCUT2D eigenvalue weighted by Gasteiger charge is 2.51. The first-order valence-corrected chi connectivity index (χ1v) is 22.4.